The Hall–Kier alpha value is -2.54. The minimum absolute atomic E-state index is 0.0807. The minimum atomic E-state index is -0.0807. The first-order chi connectivity index (χ1) is 14.3. The number of carbonyl (C=O) groups excluding carboxylic acids is 1. The molecule has 5 heterocycles. The molecule has 29 heavy (non-hydrogen) atoms. The van der Waals surface area contributed by atoms with Crippen molar-refractivity contribution in [2.75, 3.05) is 31.1 Å². The van der Waals surface area contributed by atoms with Gasteiger partial charge in [0, 0.05) is 50.3 Å². The predicted molar refractivity (Wildman–Crippen MR) is 111 cm³/mol. The van der Waals surface area contributed by atoms with Gasteiger partial charge in [0.05, 0.1) is 6.20 Å². The second-order valence-corrected chi connectivity index (χ2v) is 8.52. The molecule has 0 aliphatic carbocycles. The lowest BCUT2D eigenvalue weighted by Gasteiger charge is -2.57. The van der Waals surface area contributed by atoms with Crippen molar-refractivity contribution in [3.63, 3.8) is 0 Å². The Morgan fingerprint density at radius 2 is 2.03 bits per heavy atom. The zero-order valence-corrected chi connectivity index (χ0v) is 16.7. The molecule has 7 nitrogen and oxygen atoms in total. The molecule has 2 bridgehead atoms. The number of anilines is 1. The summed E-state index contributed by atoms with van der Waals surface area (Å²) in [5.74, 6) is 2.08. The SMILES string of the molecule is O=C(NC[C@H]1[C@H]2C[C@H](CN(c3cnccn3)C2)[C@@H]2CCCCN21)c1ccccn1. The van der Waals surface area contributed by atoms with Crippen LogP contribution < -0.4 is 10.2 Å². The van der Waals surface area contributed by atoms with Crippen molar-refractivity contribution in [2.45, 2.75) is 37.8 Å². The maximum absolute atomic E-state index is 12.6. The van der Waals surface area contributed by atoms with Gasteiger partial charge in [0.15, 0.2) is 0 Å². The average molecular weight is 393 g/mol. The van der Waals surface area contributed by atoms with Crippen molar-refractivity contribution in [1.29, 1.82) is 0 Å². The van der Waals surface area contributed by atoms with Crippen LogP contribution in [0.15, 0.2) is 43.0 Å². The van der Waals surface area contributed by atoms with Gasteiger partial charge in [-0.3, -0.25) is 19.7 Å². The van der Waals surface area contributed by atoms with Crippen molar-refractivity contribution < 1.29 is 4.79 Å². The van der Waals surface area contributed by atoms with Crippen molar-refractivity contribution in [1.82, 2.24) is 25.2 Å². The summed E-state index contributed by atoms with van der Waals surface area (Å²) in [7, 11) is 0. The number of nitrogens with one attached hydrogen (secondary N) is 1. The number of carbonyl (C=O) groups is 1. The third-order valence-corrected chi connectivity index (χ3v) is 6.86. The molecule has 0 unspecified atom stereocenters. The van der Waals surface area contributed by atoms with Crippen LogP contribution in [-0.4, -0.2) is 64.0 Å². The van der Waals surface area contributed by atoms with E-state index in [0.717, 1.165) is 25.5 Å². The lowest BCUT2D eigenvalue weighted by atomic mass is 9.72. The predicted octanol–water partition coefficient (Wildman–Crippen LogP) is 1.98. The Morgan fingerprint density at radius 1 is 1.10 bits per heavy atom. The van der Waals surface area contributed by atoms with Crippen molar-refractivity contribution >= 4 is 11.7 Å². The zero-order valence-electron chi connectivity index (χ0n) is 16.7. The lowest BCUT2D eigenvalue weighted by Crippen LogP contribution is -2.65. The first-order valence-corrected chi connectivity index (χ1v) is 10.8. The highest BCUT2D eigenvalue weighted by molar-refractivity contribution is 5.92. The maximum Gasteiger partial charge on any atom is 0.269 e. The van der Waals surface area contributed by atoms with Gasteiger partial charge in [-0.25, -0.2) is 4.98 Å². The van der Waals surface area contributed by atoms with Gasteiger partial charge in [0.1, 0.15) is 11.5 Å². The molecule has 0 saturated carbocycles. The quantitative estimate of drug-likeness (QED) is 0.858. The number of aromatic nitrogens is 3. The molecule has 2 aromatic heterocycles. The van der Waals surface area contributed by atoms with Crippen LogP contribution in [0.1, 0.15) is 36.2 Å². The summed E-state index contributed by atoms with van der Waals surface area (Å²) < 4.78 is 0. The van der Waals surface area contributed by atoms with Gasteiger partial charge in [-0.2, -0.15) is 0 Å². The largest absolute Gasteiger partial charge is 0.355 e. The fraction of sp³-hybridized carbons (Fsp3) is 0.545. The van der Waals surface area contributed by atoms with E-state index in [1.165, 1.54) is 25.7 Å². The highest BCUT2D eigenvalue weighted by Crippen LogP contribution is 2.41. The lowest BCUT2D eigenvalue weighted by molar-refractivity contribution is -0.0308. The normalized spacial score (nSPS) is 29.2. The first kappa shape index (κ1) is 18.5. The maximum atomic E-state index is 12.6. The summed E-state index contributed by atoms with van der Waals surface area (Å²) in [6.45, 7) is 3.86. The molecule has 2 aromatic rings. The van der Waals surface area contributed by atoms with Crippen LogP contribution in [-0.2, 0) is 0 Å². The monoisotopic (exact) mass is 392 g/mol. The number of pyridine rings is 1. The molecule has 3 aliphatic rings. The van der Waals surface area contributed by atoms with Gasteiger partial charge in [-0.15, -0.1) is 0 Å². The smallest absolute Gasteiger partial charge is 0.269 e. The molecule has 1 amide bonds. The third-order valence-electron chi connectivity index (χ3n) is 6.86. The van der Waals surface area contributed by atoms with E-state index >= 15 is 0 Å². The highest BCUT2D eigenvalue weighted by atomic mass is 16.1. The Morgan fingerprint density at radius 3 is 2.86 bits per heavy atom. The number of hydrogen-bond donors (Lipinski definition) is 1. The van der Waals surface area contributed by atoms with E-state index in [-0.39, 0.29) is 5.91 Å². The molecule has 152 valence electrons. The Bertz CT molecular complexity index is 832. The van der Waals surface area contributed by atoms with Gasteiger partial charge in [-0.05, 0) is 49.8 Å². The second kappa shape index (κ2) is 8.06. The summed E-state index contributed by atoms with van der Waals surface area (Å²) in [4.78, 5) is 30.7. The molecule has 0 aromatic carbocycles. The number of hydrogen-bond acceptors (Lipinski definition) is 6. The van der Waals surface area contributed by atoms with E-state index in [9.17, 15) is 4.79 Å². The van der Waals surface area contributed by atoms with Crippen LogP contribution in [0.4, 0.5) is 5.82 Å². The molecule has 0 spiro atoms. The molecule has 3 fully saturated rings. The second-order valence-electron chi connectivity index (χ2n) is 8.52. The summed E-state index contributed by atoms with van der Waals surface area (Å²) >= 11 is 0. The summed E-state index contributed by atoms with van der Waals surface area (Å²) in [6.07, 6.45) is 12.1. The molecule has 4 atom stereocenters. The van der Waals surface area contributed by atoms with E-state index in [4.69, 9.17) is 0 Å². The summed E-state index contributed by atoms with van der Waals surface area (Å²) in [5, 5.41) is 3.17. The fourth-order valence-corrected chi connectivity index (χ4v) is 5.62. The Balaban J connectivity index is 1.34. The number of rotatable bonds is 4. The van der Waals surface area contributed by atoms with Gasteiger partial charge in [0.2, 0.25) is 0 Å². The molecule has 5 rings (SSSR count). The third kappa shape index (κ3) is 3.71. The minimum Gasteiger partial charge on any atom is -0.355 e. The van der Waals surface area contributed by atoms with Crippen LogP contribution >= 0.6 is 0 Å². The van der Waals surface area contributed by atoms with E-state index < -0.39 is 0 Å². The summed E-state index contributed by atoms with van der Waals surface area (Å²) in [5.41, 5.74) is 0.487. The zero-order chi connectivity index (χ0) is 19.6. The molecule has 7 heteroatoms. The number of amides is 1. The van der Waals surface area contributed by atoms with Crippen LogP contribution in [0.5, 0.6) is 0 Å². The van der Waals surface area contributed by atoms with Gasteiger partial charge < -0.3 is 10.2 Å². The molecular weight excluding hydrogens is 364 g/mol. The van der Waals surface area contributed by atoms with Crippen LogP contribution in [0, 0.1) is 11.8 Å². The molecule has 3 aliphatic heterocycles. The number of piperidine rings is 3. The van der Waals surface area contributed by atoms with E-state index in [1.54, 1.807) is 24.7 Å². The van der Waals surface area contributed by atoms with Gasteiger partial charge >= 0.3 is 0 Å². The highest BCUT2D eigenvalue weighted by Gasteiger charge is 2.47. The van der Waals surface area contributed by atoms with Crippen LogP contribution in [0.2, 0.25) is 0 Å². The Kier molecular flexibility index (Phi) is 5.14. The standard InChI is InChI=1S/C22H28N6O/c29-22(18-5-1-3-7-24-18)26-12-20-17-11-16(19-6-2-4-10-28(19)20)14-27(15-17)21-13-23-8-9-25-21/h1,3,5,7-9,13,16-17,19-20H,2,4,6,10-12,14-15H2,(H,26,29)/t16-,17+,19+,20+/m1/s1. The first-order valence-electron chi connectivity index (χ1n) is 10.8. The van der Waals surface area contributed by atoms with E-state index in [0.29, 0.717) is 36.2 Å². The number of nitrogens with zero attached hydrogens (tertiary/aromatic N) is 5. The van der Waals surface area contributed by atoms with E-state index in [1.807, 2.05) is 18.3 Å². The molecular formula is C22H28N6O. The molecule has 0 radical (unpaired) electrons. The van der Waals surface area contributed by atoms with Crippen molar-refractivity contribution in [2.24, 2.45) is 11.8 Å². The topological polar surface area (TPSA) is 74.2 Å². The van der Waals surface area contributed by atoms with Crippen molar-refractivity contribution in [3.8, 4) is 0 Å². The van der Waals surface area contributed by atoms with Gasteiger partial charge in [0.25, 0.3) is 5.91 Å². The molecule has 1 N–H and O–H groups in total. The van der Waals surface area contributed by atoms with E-state index in [2.05, 4.69) is 30.1 Å². The van der Waals surface area contributed by atoms with Crippen molar-refractivity contribution in [3.05, 3.63) is 48.7 Å². The Labute approximate surface area is 171 Å². The van der Waals surface area contributed by atoms with Crippen LogP contribution in [0.25, 0.3) is 0 Å². The molecule has 3 saturated heterocycles. The fourth-order valence-electron chi connectivity index (χ4n) is 5.62. The number of fused-ring (bicyclic) bond motifs is 4. The summed E-state index contributed by atoms with van der Waals surface area (Å²) in [6, 6.07) is 6.43. The van der Waals surface area contributed by atoms with Gasteiger partial charge in [-0.1, -0.05) is 12.5 Å². The van der Waals surface area contributed by atoms with Crippen LogP contribution in [0.3, 0.4) is 0 Å². The average Bonchev–Trinajstić information content (AvgIpc) is 2.80.